The van der Waals surface area contributed by atoms with E-state index < -0.39 is 5.54 Å². The second-order valence-corrected chi connectivity index (χ2v) is 6.34. The Kier molecular flexibility index (Phi) is 3.78. The van der Waals surface area contributed by atoms with E-state index in [4.69, 9.17) is 10.5 Å². The number of hydrogen-bond donors (Lipinski definition) is 3. The molecule has 1 fully saturated rings. The van der Waals surface area contributed by atoms with Crippen molar-refractivity contribution < 1.29 is 14.3 Å². The molecule has 1 aliphatic heterocycles. The molecular weight excluding hydrogens is 282 g/mol. The van der Waals surface area contributed by atoms with Gasteiger partial charge in [0.2, 0.25) is 5.91 Å². The largest absolute Gasteiger partial charge is 0.482 e. The summed E-state index contributed by atoms with van der Waals surface area (Å²) >= 11 is 0. The summed E-state index contributed by atoms with van der Waals surface area (Å²) in [6.45, 7) is 1.94. The normalized spacial score (nSPS) is 27.4. The van der Waals surface area contributed by atoms with Crippen LogP contribution < -0.4 is 21.1 Å². The Hall–Kier alpha value is -2.08. The molecular formula is C16H21N3O3. The fourth-order valence-electron chi connectivity index (χ4n) is 3.17. The highest BCUT2D eigenvalue weighted by atomic mass is 16.5. The van der Waals surface area contributed by atoms with Crippen molar-refractivity contribution >= 4 is 23.2 Å². The quantitative estimate of drug-likeness (QED) is 0.777. The molecule has 2 unspecified atom stereocenters. The summed E-state index contributed by atoms with van der Waals surface area (Å²) in [6, 6.07) is 5.20. The molecule has 6 nitrogen and oxygen atoms in total. The number of fused-ring (bicyclic) bond motifs is 1. The van der Waals surface area contributed by atoms with Crippen LogP contribution in [0.1, 0.15) is 32.6 Å². The average Bonchev–Trinajstić information content (AvgIpc) is 2.47. The Balaban J connectivity index is 1.73. The molecule has 0 radical (unpaired) electrons. The van der Waals surface area contributed by atoms with Gasteiger partial charge in [0.15, 0.2) is 6.61 Å². The molecule has 1 heterocycles. The number of ether oxygens (including phenoxy) is 1. The number of rotatable bonds is 2. The molecule has 1 saturated carbocycles. The van der Waals surface area contributed by atoms with Gasteiger partial charge in [0.25, 0.3) is 5.91 Å². The molecule has 4 N–H and O–H groups in total. The second-order valence-electron chi connectivity index (χ2n) is 6.34. The van der Waals surface area contributed by atoms with Crippen LogP contribution in [0.4, 0.5) is 11.4 Å². The highest BCUT2D eigenvalue weighted by Gasteiger charge is 2.37. The van der Waals surface area contributed by atoms with Crippen LogP contribution >= 0.6 is 0 Å². The molecule has 0 aromatic heterocycles. The zero-order valence-electron chi connectivity index (χ0n) is 12.6. The highest BCUT2D eigenvalue weighted by molar-refractivity contribution is 5.97. The van der Waals surface area contributed by atoms with Gasteiger partial charge in [-0.05, 0) is 31.9 Å². The summed E-state index contributed by atoms with van der Waals surface area (Å²) in [5.74, 6) is 0.157. The molecule has 2 atom stereocenters. The summed E-state index contributed by atoms with van der Waals surface area (Å²) in [4.78, 5) is 23.7. The first-order chi connectivity index (χ1) is 10.5. The Bertz CT molecular complexity index is 613. The van der Waals surface area contributed by atoms with Gasteiger partial charge in [0, 0.05) is 17.3 Å². The lowest BCUT2D eigenvalue weighted by atomic mass is 9.74. The Morgan fingerprint density at radius 2 is 2.27 bits per heavy atom. The minimum atomic E-state index is -0.457. The van der Waals surface area contributed by atoms with E-state index in [2.05, 4.69) is 10.6 Å². The van der Waals surface area contributed by atoms with E-state index in [0.717, 1.165) is 25.7 Å². The van der Waals surface area contributed by atoms with E-state index in [1.54, 1.807) is 18.2 Å². The third kappa shape index (κ3) is 2.92. The monoisotopic (exact) mass is 303 g/mol. The van der Waals surface area contributed by atoms with E-state index in [9.17, 15) is 9.59 Å². The highest BCUT2D eigenvalue weighted by Crippen LogP contribution is 2.34. The summed E-state index contributed by atoms with van der Waals surface area (Å²) in [6.07, 6.45) is 3.79. The molecule has 2 amide bonds. The topological polar surface area (TPSA) is 93.5 Å². The third-order valence-corrected chi connectivity index (χ3v) is 4.45. The van der Waals surface area contributed by atoms with Gasteiger partial charge in [-0.1, -0.05) is 12.8 Å². The van der Waals surface area contributed by atoms with Crippen molar-refractivity contribution in [3.8, 4) is 5.75 Å². The van der Waals surface area contributed by atoms with Crippen molar-refractivity contribution in [3.05, 3.63) is 18.2 Å². The maximum Gasteiger partial charge on any atom is 0.262 e. The van der Waals surface area contributed by atoms with Crippen molar-refractivity contribution in [1.29, 1.82) is 0 Å². The molecule has 118 valence electrons. The third-order valence-electron chi connectivity index (χ3n) is 4.45. The summed E-state index contributed by atoms with van der Waals surface area (Å²) in [5, 5.41) is 5.64. The average molecular weight is 303 g/mol. The second kappa shape index (κ2) is 5.61. The first-order valence-electron chi connectivity index (χ1n) is 7.62. The van der Waals surface area contributed by atoms with Gasteiger partial charge in [-0.3, -0.25) is 9.59 Å². The van der Waals surface area contributed by atoms with Gasteiger partial charge < -0.3 is 21.1 Å². The molecule has 1 aromatic carbocycles. The number of carbonyl (C=O) groups is 2. The molecule has 1 aromatic rings. The Morgan fingerprint density at radius 3 is 3.05 bits per heavy atom. The zero-order chi connectivity index (χ0) is 15.7. The first-order valence-corrected chi connectivity index (χ1v) is 7.62. The molecule has 2 aliphatic rings. The van der Waals surface area contributed by atoms with Crippen molar-refractivity contribution in [2.45, 2.75) is 38.1 Å². The molecule has 6 heteroatoms. The number of amides is 2. The van der Waals surface area contributed by atoms with Crippen LogP contribution in [0.15, 0.2) is 18.2 Å². The van der Waals surface area contributed by atoms with E-state index in [1.165, 1.54) is 0 Å². The summed E-state index contributed by atoms with van der Waals surface area (Å²) in [7, 11) is 0. The molecule has 0 bridgehead atoms. The van der Waals surface area contributed by atoms with E-state index >= 15 is 0 Å². The number of nitrogens with one attached hydrogen (secondary N) is 2. The van der Waals surface area contributed by atoms with E-state index in [1.807, 2.05) is 6.92 Å². The van der Waals surface area contributed by atoms with Gasteiger partial charge >= 0.3 is 0 Å². The molecule has 3 rings (SSSR count). The van der Waals surface area contributed by atoms with Gasteiger partial charge in [-0.25, -0.2) is 0 Å². The van der Waals surface area contributed by atoms with Gasteiger partial charge in [0.1, 0.15) is 5.75 Å². The SMILES string of the molecule is CC1(N)CCCCC1C(=O)Nc1ccc2c(c1)OCC(=O)N2. The van der Waals surface area contributed by atoms with Crippen molar-refractivity contribution in [1.82, 2.24) is 0 Å². The van der Waals surface area contributed by atoms with E-state index in [-0.39, 0.29) is 24.3 Å². The minimum absolute atomic E-state index is 0.00606. The van der Waals surface area contributed by atoms with Crippen LogP contribution in [-0.2, 0) is 9.59 Å². The summed E-state index contributed by atoms with van der Waals surface area (Å²) in [5.41, 5.74) is 7.09. The van der Waals surface area contributed by atoms with Crippen LogP contribution in [-0.4, -0.2) is 24.0 Å². The lowest BCUT2D eigenvalue weighted by Crippen LogP contribution is -2.51. The Morgan fingerprint density at radius 1 is 1.45 bits per heavy atom. The van der Waals surface area contributed by atoms with Crippen LogP contribution in [0.5, 0.6) is 5.75 Å². The van der Waals surface area contributed by atoms with Crippen molar-refractivity contribution in [2.75, 3.05) is 17.2 Å². The van der Waals surface area contributed by atoms with Crippen LogP contribution in [0.2, 0.25) is 0 Å². The zero-order valence-corrected chi connectivity index (χ0v) is 12.6. The minimum Gasteiger partial charge on any atom is -0.482 e. The predicted octanol–water partition coefficient (Wildman–Crippen LogP) is 1.86. The first kappa shape index (κ1) is 14.8. The van der Waals surface area contributed by atoms with Crippen molar-refractivity contribution in [2.24, 2.45) is 11.7 Å². The number of hydrogen-bond acceptors (Lipinski definition) is 4. The van der Waals surface area contributed by atoms with Gasteiger partial charge in [-0.15, -0.1) is 0 Å². The van der Waals surface area contributed by atoms with E-state index in [0.29, 0.717) is 17.1 Å². The number of benzene rings is 1. The van der Waals surface area contributed by atoms with Crippen molar-refractivity contribution in [3.63, 3.8) is 0 Å². The Labute approximate surface area is 129 Å². The predicted molar refractivity (Wildman–Crippen MR) is 83.7 cm³/mol. The standard InChI is InChI=1S/C16H21N3O3/c1-16(17)7-3-2-4-11(16)15(21)18-10-5-6-12-13(8-10)22-9-14(20)19-12/h5-6,8,11H,2-4,7,9,17H2,1H3,(H,18,21)(H,19,20). The fraction of sp³-hybridized carbons (Fsp3) is 0.500. The molecule has 1 aliphatic carbocycles. The maximum absolute atomic E-state index is 12.5. The van der Waals surface area contributed by atoms with Gasteiger partial charge in [0.05, 0.1) is 11.6 Å². The smallest absolute Gasteiger partial charge is 0.262 e. The number of carbonyl (C=O) groups excluding carboxylic acids is 2. The van der Waals surface area contributed by atoms with Gasteiger partial charge in [-0.2, -0.15) is 0 Å². The lowest BCUT2D eigenvalue weighted by molar-refractivity contribution is -0.123. The maximum atomic E-state index is 12.5. The van der Waals surface area contributed by atoms with Crippen LogP contribution in [0.3, 0.4) is 0 Å². The molecule has 0 spiro atoms. The number of anilines is 2. The summed E-state index contributed by atoms with van der Waals surface area (Å²) < 4.78 is 5.36. The number of nitrogens with two attached hydrogens (primary N) is 1. The fourth-order valence-corrected chi connectivity index (χ4v) is 3.17. The van der Waals surface area contributed by atoms with Crippen LogP contribution in [0, 0.1) is 5.92 Å². The molecule has 0 saturated heterocycles. The van der Waals surface area contributed by atoms with Crippen LogP contribution in [0.25, 0.3) is 0 Å². The molecule has 22 heavy (non-hydrogen) atoms. The lowest BCUT2D eigenvalue weighted by Gasteiger charge is -2.37.